The first-order chi connectivity index (χ1) is 9.64. The molecule has 3 atom stereocenters. The Morgan fingerprint density at radius 2 is 2.10 bits per heavy atom. The second-order valence-electron chi connectivity index (χ2n) is 4.57. The average molecular weight is 309 g/mol. The summed E-state index contributed by atoms with van der Waals surface area (Å²) in [6, 6.07) is -2.50. The molecular formula is C10H10F3N3O5. The Kier molecular flexibility index (Phi) is 3.61. The van der Waals surface area contributed by atoms with E-state index in [1.165, 1.54) is 6.92 Å². The van der Waals surface area contributed by atoms with E-state index in [4.69, 9.17) is 5.11 Å². The lowest BCUT2D eigenvalue weighted by molar-refractivity contribution is -0.175. The van der Waals surface area contributed by atoms with Crippen molar-refractivity contribution in [1.82, 2.24) is 15.2 Å². The summed E-state index contributed by atoms with van der Waals surface area (Å²) in [6.07, 6.45) is -9.55. The van der Waals surface area contributed by atoms with Gasteiger partial charge in [0, 0.05) is 0 Å². The number of carbonyl (C=O) groups excluding carboxylic acids is 1. The summed E-state index contributed by atoms with van der Waals surface area (Å²) in [5.74, 6) is -2.92. The molecule has 1 aliphatic heterocycles. The van der Waals surface area contributed by atoms with Crippen molar-refractivity contribution in [3.8, 4) is 0 Å². The van der Waals surface area contributed by atoms with Gasteiger partial charge in [-0.3, -0.25) is 4.79 Å². The number of hydrogen-bond acceptors (Lipinski definition) is 6. The fourth-order valence-electron chi connectivity index (χ4n) is 2.25. The summed E-state index contributed by atoms with van der Waals surface area (Å²) in [7, 11) is 0. The van der Waals surface area contributed by atoms with Gasteiger partial charge in [-0.05, 0) is 13.3 Å². The number of rotatable bonds is 2. The number of aliphatic hydroxyl groups excluding tert-OH is 1. The number of imide groups is 1. The summed E-state index contributed by atoms with van der Waals surface area (Å²) >= 11 is 0. The molecule has 21 heavy (non-hydrogen) atoms. The van der Waals surface area contributed by atoms with Crippen molar-refractivity contribution in [2.75, 3.05) is 0 Å². The zero-order valence-corrected chi connectivity index (χ0v) is 10.5. The van der Waals surface area contributed by atoms with Gasteiger partial charge >= 0.3 is 12.3 Å². The van der Waals surface area contributed by atoms with Crippen LogP contribution in [0.3, 0.4) is 0 Å². The third-order valence-corrected chi connectivity index (χ3v) is 3.28. The highest BCUT2D eigenvalue weighted by Crippen LogP contribution is 2.41. The van der Waals surface area contributed by atoms with Crippen molar-refractivity contribution in [3.63, 3.8) is 0 Å². The minimum Gasteiger partial charge on any atom is -0.465 e. The van der Waals surface area contributed by atoms with Crippen LogP contribution in [0, 0.1) is 12.8 Å². The van der Waals surface area contributed by atoms with Crippen LogP contribution in [0.25, 0.3) is 0 Å². The van der Waals surface area contributed by atoms with Crippen molar-refractivity contribution in [2.45, 2.75) is 31.7 Å². The molecule has 0 bridgehead atoms. The predicted molar refractivity (Wildman–Crippen MR) is 56.8 cm³/mol. The molecule has 1 aromatic heterocycles. The van der Waals surface area contributed by atoms with E-state index in [2.05, 4.69) is 14.9 Å². The largest absolute Gasteiger partial charge is 0.465 e. The van der Waals surface area contributed by atoms with Crippen LogP contribution in [0.1, 0.15) is 23.9 Å². The first-order valence-electron chi connectivity index (χ1n) is 5.74. The number of hydrogen-bond donors (Lipinski definition) is 2. The molecule has 1 fully saturated rings. The van der Waals surface area contributed by atoms with Crippen molar-refractivity contribution >= 4 is 12.0 Å². The van der Waals surface area contributed by atoms with E-state index < -0.39 is 42.7 Å². The Morgan fingerprint density at radius 1 is 1.48 bits per heavy atom. The molecular weight excluding hydrogens is 299 g/mol. The number of likely N-dealkylation sites (tertiary alicyclic amines) is 1. The van der Waals surface area contributed by atoms with E-state index in [9.17, 15) is 27.9 Å². The van der Waals surface area contributed by atoms with Gasteiger partial charge in [-0.25, -0.2) is 14.3 Å². The fraction of sp³-hybridized carbons (Fsp3) is 0.600. The summed E-state index contributed by atoms with van der Waals surface area (Å²) in [6.45, 7) is 1.38. The van der Waals surface area contributed by atoms with Gasteiger partial charge in [0.05, 0.1) is 5.92 Å². The van der Waals surface area contributed by atoms with E-state index >= 15 is 0 Å². The van der Waals surface area contributed by atoms with Crippen LogP contribution >= 0.6 is 0 Å². The van der Waals surface area contributed by atoms with Gasteiger partial charge in [-0.15, -0.1) is 0 Å². The highest BCUT2D eigenvalue weighted by atomic mass is 19.4. The number of aryl methyl sites for hydroxylation is 1. The molecule has 0 radical (unpaired) electrons. The van der Waals surface area contributed by atoms with E-state index in [-0.39, 0.29) is 16.3 Å². The van der Waals surface area contributed by atoms with Crippen molar-refractivity contribution in [3.05, 3.63) is 11.4 Å². The zero-order chi connectivity index (χ0) is 15.9. The molecule has 0 aromatic carbocycles. The van der Waals surface area contributed by atoms with Crippen LogP contribution in [0.2, 0.25) is 0 Å². The predicted octanol–water partition coefficient (Wildman–Crippen LogP) is 0.869. The smallest absolute Gasteiger partial charge is 0.414 e. The first kappa shape index (κ1) is 15.2. The van der Waals surface area contributed by atoms with Gasteiger partial charge in [0.2, 0.25) is 5.91 Å². The van der Waals surface area contributed by atoms with Crippen LogP contribution in [-0.2, 0) is 4.79 Å². The van der Waals surface area contributed by atoms with Gasteiger partial charge in [0.25, 0.3) is 0 Å². The molecule has 2 rings (SSSR count). The summed E-state index contributed by atoms with van der Waals surface area (Å²) in [5, 5.41) is 25.4. The second-order valence-corrected chi connectivity index (χ2v) is 4.57. The molecule has 0 saturated carbocycles. The normalized spacial score (nSPS) is 24.4. The van der Waals surface area contributed by atoms with Gasteiger partial charge in [-0.1, -0.05) is 10.3 Å². The first-order valence-corrected chi connectivity index (χ1v) is 5.74. The second kappa shape index (κ2) is 4.98. The molecule has 2 N–H and O–H groups in total. The molecule has 0 aliphatic carbocycles. The molecule has 2 heterocycles. The Hall–Kier alpha value is -2.17. The van der Waals surface area contributed by atoms with Crippen molar-refractivity contribution in [2.24, 2.45) is 5.92 Å². The zero-order valence-electron chi connectivity index (χ0n) is 10.5. The van der Waals surface area contributed by atoms with Crippen LogP contribution in [-0.4, -0.2) is 49.6 Å². The molecule has 11 heteroatoms. The van der Waals surface area contributed by atoms with Gasteiger partial charge < -0.3 is 10.2 Å². The Bertz CT molecular complexity index is 573. The molecule has 8 nitrogen and oxygen atoms in total. The summed E-state index contributed by atoms with van der Waals surface area (Å²) in [4.78, 5) is 22.4. The van der Waals surface area contributed by atoms with Crippen LogP contribution in [0.4, 0.5) is 18.0 Å². The van der Waals surface area contributed by atoms with Crippen molar-refractivity contribution < 1.29 is 37.6 Å². The number of alkyl halides is 3. The third kappa shape index (κ3) is 2.55. The lowest BCUT2D eigenvalue weighted by Crippen LogP contribution is -2.46. The molecule has 1 aliphatic rings. The molecule has 0 spiro atoms. The van der Waals surface area contributed by atoms with E-state index in [0.29, 0.717) is 0 Å². The Balaban J connectivity index is 2.33. The standard InChI is InChI=1S/C10H10F3N3O5/c1-3-6(15-21-14-3)7(17)4-2-5(10(11,12)13)16(8(4)18)9(19)20/h4-5,7,17H,2H2,1H3,(H,19,20). The minimum atomic E-state index is -4.92. The Labute approximate surface area is 115 Å². The minimum absolute atomic E-state index is 0.104. The van der Waals surface area contributed by atoms with E-state index in [0.717, 1.165) is 0 Å². The van der Waals surface area contributed by atoms with Crippen molar-refractivity contribution in [1.29, 1.82) is 0 Å². The lowest BCUT2D eigenvalue weighted by atomic mass is 9.95. The third-order valence-electron chi connectivity index (χ3n) is 3.28. The molecule has 2 amide bonds. The summed E-state index contributed by atoms with van der Waals surface area (Å²) in [5.41, 5.74) is -0.0888. The number of amides is 2. The van der Waals surface area contributed by atoms with Gasteiger partial charge in [0.15, 0.2) is 0 Å². The Morgan fingerprint density at radius 3 is 2.48 bits per heavy atom. The van der Waals surface area contributed by atoms with Crippen LogP contribution in [0.5, 0.6) is 0 Å². The number of halogens is 3. The van der Waals surface area contributed by atoms with Gasteiger partial charge in [-0.2, -0.15) is 13.2 Å². The molecule has 116 valence electrons. The van der Waals surface area contributed by atoms with Crippen LogP contribution in [0.15, 0.2) is 4.63 Å². The highest BCUT2D eigenvalue weighted by molar-refractivity contribution is 5.95. The monoisotopic (exact) mass is 309 g/mol. The fourth-order valence-corrected chi connectivity index (χ4v) is 2.25. The summed E-state index contributed by atoms with van der Waals surface area (Å²) < 4.78 is 42.8. The SMILES string of the molecule is Cc1nonc1C(O)C1CC(C(F)(F)F)N(C(=O)O)C1=O. The number of aliphatic hydroxyl groups is 1. The van der Waals surface area contributed by atoms with Gasteiger partial charge in [0.1, 0.15) is 23.5 Å². The number of aromatic nitrogens is 2. The van der Waals surface area contributed by atoms with E-state index in [1.807, 2.05) is 0 Å². The quantitative estimate of drug-likeness (QED) is 0.832. The highest BCUT2D eigenvalue weighted by Gasteiger charge is 2.57. The molecule has 3 unspecified atom stereocenters. The number of carbonyl (C=O) groups is 2. The van der Waals surface area contributed by atoms with Crippen LogP contribution < -0.4 is 0 Å². The topological polar surface area (TPSA) is 117 Å². The maximum atomic E-state index is 12.8. The average Bonchev–Trinajstić information content (AvgIpc) is 2.91. The molecule has 1 aromatic rings. The lowest BCUT2D eigenvalue weighted by Gasteiger charge is -2.21. The number of carboxylic acid groups (broad SMARTS) is 1. The maximum Gasteiger partial charge on any atom is 0.414 e. The van der Waals surface area contributed by atoms with E-state index in [1.54, 1.807) is 0 Å². The molecule has 1 saturated heterocycles. The maximum absolute atomic E-state index is 12.8. The number of nitrogens with zero attached hydrogens (tertiary/aromatic N) is 3.